The molecule has 0 radical (unpaired) electrons. The fourth-order valence-corrected chi connectivity index (χ4v) is 3.07. The van der Waals surface area contributed by atoms with E-state index in [0.29, 0.717) is 0 Å². The minimum absolute atomic E-state index is 0.886. The van der Waals surface area contributed by atoms with E-state index in [0.717, 1.165) is 17.2 Å². The Balaban J connectivity index is 3.70. The van der Waals surface area contributed by atoms with E-state index in [1.165, 1.54) is 27.8 Å². The highest BCUT2D eigenvalue weighted by Crippen LogP contribution is 2.33. The first-order chi connectivity index (χ1) is 5.57. The lowest BCUT2D eigenvalue weighted by atomic mass is 10.1. The van der Waals surface area contributed by atoms with Crippen LogP contribution in [0.2, 0.25) is 0 Å². The van der Waals surface area contributed by atoms with E-state index in [1.807, 2.05) is 0 Å². The Kier molecular flexibility index (Phi) is 7.14. The van der Waals surface area contributed by atoms with Crippen molar-refractivity contribution in [2.24, 2.45) is 5.92 Å². The lowest BCUT2D eigenvalue weighted by Gasteiger charge is -2.22. The van der Waals surface area contributed by atoms with Crippen molar-refractivity contribution in [1.29, 1.82) is 0 Å². The molecule has 0 aromatic carbocycles. The fourth-order valence-electron chi connectivity index (χ4n) is 1.46. The molecule has 74 valence electrons. The van der Waals surface area contributed by atoms with Gasteiger partial charge in [0.2, 0.25) is 0 Å². The Hall–Kier alpha value is 0.430. The molecular formula is C11H25P. The first kappa shape index (κ1) is 12.4. The maximum absolute atomic E-state index is 2.37. The van der Waals surface area contributed by atoms with Crippen LogP contribution in [-0.4, -0.2) is 11.3 Å². The molecule has 0 fully saturated rings. The zero-order chi connectivity index (χ0) is 9.56. The van der Waals surface area contributed by atoms with Crippen molar-refractivity contribution in [2.75, 3.05) is 0 Å². The van der Waals surface area contributed by atoms with Gasteiger partial charge in [-0.1, -0.05) is 47.5 Å². The van der Waals surface area contributed by atoms with Gasteiger partial charge in [-0.15, -0.1) is 8.58 Å². The summed E-state index contributed by atoms with van der Waals surface area (Å²) in [4.78, 5) is 0. The molecule has 0 nitrogen and oxygen atoms in total. The summed E-state index contributed by atoms with van der Waals surface area (Å²) in [5.41, 5.74) is 1.89. The molecule has 12 heavy (non-hydrogen) atoms. The molecule has 1 heteroatoms. The third-order valence-corrected chi connectivity index (χ3v) is 4.27. The quantitative estimate of drug-likeness (QED) is 0.545. The van der Waals surface area contributed by atoms with Gasteiger partial charge in [0.25, 0.3) is 0 Å². The van der Waals surface area contributed by atoms with Crippen molar-refractivity contribution >= 4 is 8.58 Å². The normalized spacial score (nSPS) is 15.2. The first-order valence-corrected chi connectivity index (χ1v) is 6.49. The molecule has 2 unspecified atom stereocenters. The van der Waals surface area contributed by atoms with Crippen LogP contribution >= 0.6 is 8.58 Å². The van der Waals surface area contributed by atoms with Crippen LogP contribution in [0.25, 0.3) is 0 Å². The van der Waals surface area contributed by atoms with E-state index < -0.39 is 0 Å². The van der Waals surface area contributed by atoms with E-state index in [1.54, 1.807) is 0 Å². The molecule has 0 aromatic heterocycles. The SMILES string of the molecule is CCCCC(PC(C)C)C(C)C. The van der Waals surface area contributed by atoms with Gasteiger partial charge in [-0.05, 0) is 23.7 Å². The van der Waals surface area contributed by atoms with E-state index in [2.05, 4.69) is 34.6 Å². The fraction of sp³-hybridized carbons (Fsp3) is 1.00. The molecule has 0 saturated carbocycles. The van der Waals surface area contributed by atoms with Crippen LogP contribution in [0.5, 0.6) is 0 Å². The first-order valence-electron chi connectivity index (χ1n) is 5.34. The summed E-state index contributed by atoms with van der Waals surface area (Å²) >= 11 is 0. The Labute approximate surface area is 80.3 Å². The molecule has 0 spiro atoms. The Morgan fingerprint density at radius 3 is 2.00 bits per heavy atom. The van der Waals surface area contributed by atoms with Gasteiger partial charge in [0, 0.05) is 0 Å². The van der Waals surface area contributed by atoms with Gasteiger partial charge in [-0.2, -0.15) is 0 Å². The average molecular weight is 188 g/mol. The predicted octanol–water partition coefficient (Wildman–Crippen LogP) is 4.29. The van der Waals surface area contributed by atoms with Crippen LogP contribution in [-0.2, 0) is 0 Å². The number of rotatable bonds is 6. The zero-order valence-electron chi connectivity index (χ0n) is 9.35. The van der Waals surface area contributed by atoms with Gasteiger partial charge in [0.1, 0.15) is 0 Å². The molecule has 0 aliphatic rings. The van der Waals surface area contributed by atoms with Gasteiger partial charge >= 0.3 is 0 Å². The van der Waals surface area contributed by atoms with Gasteiger partial charge < -0.3 is 0 Å². The van der Waals surface area contributed by atoms with Crippen molar-refractivity contribution in [3.63, 3.8) is 0 Å². The molecule has 0 aliphatic heterocycles. The van der Waals surface area contributed by atoms with Gasteiger partial charge in [-0.25, -0.2) is 0 Å². The minimum atomic E-state index is 0.886. The van der Waals surface area contributed by atoms with Gasteiger partial charge in [0.15, 0.2) is 0 Å². The monoisotopic (exact) mass is 188 g/mol. The minimum Gasteiger partial charge on any atom is -0.116 e. The van der Waals surface area contributed by atoms with E-state index in [-0.39, 0.29) is 0 Å². The predicted molar refractivity (Wildman–Crippen MR) is 61.6 cm³/mol. The Morgan fingerprint density at radius 2 is 1.67 bits per heavy atom. The molecule has 0 aliphatic carbocycles. The Bertz CT molecular complexity index is 97.2. The van der Waals surface area contributed by atoms with Crippen LogP contribution in [0.4, 0.5) is 0 Å². The van der Waals surface area contributed by atoms with Crippen molar-refractivity contribution < 1.29 is 0 Å². The zero-order valence-corrected chi connectivity index (χ0v) is 10.4. The summed E-state index contributed by atoms with van der Waals surface area (Å²) < 4.78 is 0. The van der Waals surface area contributed by atoms with Gasteiger partial charge in [-0.3, -0.25) is 0 Å². The molecule has 0 aromatic rings. The van der Waals surface area contributed by atoms with Crippen LogP contribution in [0, 0.1) is 5.92 Å². The maximum atomic E-state index is 2.37. The Morgan fingerprint density at radius 1 is 1.08 bits per heavy atom. The van der Waals surface area contributed by atoms with Crippen LogP contribution < -0.4 is 0 Å². The number of unbranched alkanes of at least 4 members (excludes halogenated alkanes) is 1. The molecule has 0 saturated heterocycles. The average Bonchev–Trinajstić information content (AvgIpc) is 1.96. The molecule has 0 heterocycles. The molecule has 0 bridgehead atoms. The van der Waals surface area contributed by atoms with Crippen LogP contribution in [0.1, 0.15) is 53.9 Å². The van der Waals surface area contributed by atoms with E-state index in [4.69, 9.17) is 0 Å². The largest absolute Gasteiger partial charge is 0.116 e. The van der Waals surface area contributed by atoms with Crippen molar-refractivity contribution in [3.8, 4) is 0 Å². The maximum Gasteiger partial charge on any atom is -0.0211 e. The molecule has 0 amide bonds. The van der Waals surface area contributed by atoms with Crippen LogP contribution in [0.15, 0.2) is 0 Å². The summed E-state index contributed by atoms with van der Waals surface area (Å²) in [5.74, 6) is 0.886. The lowest BCUT2D eigenvalue weighted by molar-refractivity contribution is 0.545. The third-order valence-electron chi connectivity index (χ3n) is 2.22. The van der Waals surface area contributed by atoms with Crippen molar-refractivity contribution in [3.05, 3.63) is 0 Å². The van der Waals surface area contributed by atoms with E-state index >= 15 is 0 Å². The summed E-state index contributed by atoms with van der Waals surface area (Å²) in [5, 5.41) is 0. The smallest absolute Gasteiger partial charge is 0.0211 e. The second-order valence-corrected chi connectivity index (χ2v) is 6.54. The summed E-state index contributed by atoms with van der Waals surface area (Å²) in [7, 11) is 1.17. The highest BCUT2D eigenvalue weighted by atomic mass is 31.1. The molecular weight excluding hydrogens is 163 g/mol. The second-order valence-electron chi connectivity index (χ2n) is 4.31. The topological polar surface area (TPSA) is 0 Å². The van der Waals surface area contributed by atoms with Crippen molar-refractivity contribution in [2.45, 2.75) is 65.2 Å². The third kappa shape index (κ3) is 6.00. The van der Waals surface area contributed by atoms with E-state index in [9.17, 15) is 0 Å². The summed E-state index contributed by atoms with van der Waals surface area (Å²) in [6.07, 6.45) is 4.22. The summed E-state index contributed by atoms with van der Waals surface area (Å²) in [6, 6.07) is 0. The molecule has 2 atom stereocenters. The number of hydrogen-bond acceptors (Lipinski definition) is 0. The van der Waals surface area contributed by atoms with Crippen LogP contribution in [0.3, 0.4) is 0 Å². The molecule has 0 N–H and O–H groups in total. The highest BCUT2D eigenvalue weighted by molar-refractivity contribution is 7.39. The summed E-state index contributed by atoms with van der Waals surface area (Å²) in [6.45, 7) is 11.7. The molecule has 0 rings (SSSR count). The second kappa shape index (κ2) is 6.89. The van der Waals surface area contributed by atoms with Gasteiger partial charge in [0.05, 0.1) is 0 Å². The van der Waals surface area contributed by atoms with Crippen molar-refractivity contribution in [1.82, 2.24) is 0 Å². The highest BCUT2D eigenvalue weighted by Gasteiger charge is 2.13. The number of hydrogen-bond donors (Lipinski definition) is 0. The standard InChI is InChI=1S/C11H25P/c1-6-7-8-11(9(2)3)12-10(4)5/h9-12H,6-8H2,1-5H3. The lowest BCUT2D eigenvalue weighted by Crippen LogP contribution is -2.11.